The van der Waals surface area contributed by atoms with Gasteiger partial charge in [-0.2, -0.15) is 0 Å². The number of aromatic nitrogens is 3. The standard InChI is InChI=1S/C17H19FN4O2/c18-13-9-14(11-5-2-1-3-6-11)22-16(13)19-15(20-22)17(24)21-8-4-7-12(21)10-23/h1-3,5-6,12-14,23H,4,7-10H2. The highest BCUT2D eigenvalue weighted by molar-refractivity contribution is 5.91. The second-order valence-corrected chi connectivity index (χ2v) is 6.35. The molecule has 24 heavy (non-hydrogen) atoms. The lowest BCUT2D eigenvalue weighted by Crippen LogP contribution is -2.38. The first kappa shape index (κ1) is 15.3. The van der Waals surface area contributed by atoms with Gasteiger partial charge < -0.3 is 10.0 Å². The van der Waals surface area contributed by atoms with E-state index >= 15 is 0 Å². The molecule has 1 saturated heterocycles. The van der Waals surface area contributed by atoms with Crippen molar-refractivity contribution in [1.29, 1.82) is 0 Å². The fraction of sp³-hybridized carbons (Fsp3) is 0.471. The molecular formula is C17H19FN4O2. The molecule has 1 fully saturated rings. The van der Waals surface area contributed by atoms with Crippen molar-refractivity contribution in [3.8, 4) is 0 Å². The summed E-state index contributed by atoms with van der Waals surface area (Å²) in [4.78, 5) is 18.4. The maximum Gasteiger partial charge on any atom is 0.293 e. The van der Waals surface area contributed by atoms with E-state index < -0.39 is 6.17 Å². The lowest BCUT2D eigenvalue weighted by Gasteiger charge is -2.21. The van der Waals surface area contributed by atoms with Gasteiger partial charge in [0.25, 0.3) is 5.91 Å². The van der Waals surface area contributed by atoms with E-state index in [0.717, 1.165) is 18.4 Å². The van der Waals surface area contributed by atoms with E-state index in [1.807, 2.05) is 30.3 Å². The Morgan fingerprint density at radius 1 is 1.33 bits per heavy atom. The van der Waals surface area contributed by atoms with Crippen LogP contribution in [0.5, 0.6) is 0 Å². The lowest BCUT2D eigenvalue weighted by molar-refractivity contribution is 0.0664. The number of nitrogens with zero attached hydrogens (tertiary/aromatic N) is 4. The summed E-state index contributed by atoms with van der Waals surface area (Å²) in [5.41, 5.74) is 0.956. The number of rotatable bonds is 3. The highest BCUT2D eigenvalue weighted by Gasteiger charge is 2.38. The number of hydrogen-bond acceptors (Lipinski definition) is 4. The molecule has 4 rings (SSSR count). The normalized spacial score (nSPS) is 25.9. The quantitative estimate of drug-likeness (QED) is 0.933. The third-order valence-corrected chi connectivity index (χ3v) is 4.89. The van der Waals surface area contributed by atoms with Gasteiger partial charge in [0.1, 0.15) is 0 Å². The number of amides is 1. The topological polar surface area (TPSA) is 71.2 Å². The highest BCUT2D eigenvalue weighted by atomic mass is 19.1. The third-order valence-electron chi connectivity index (χ3n) is 4.89. The molecule has 3 unspecified atom stereocenters. The zero-order chi connectivity index (χ0) is 16.7. The van der Waals surface area contributed by atoms with Crippen LogP contribution >= 0.6 is 0 Å². The molecule has 2 aliphatic rings. The average Bonchev–Trinajstić information content (AvgIpc) is 3.31. The van der Waals surface area contributed by atoms with Crippen molar-refractivity contribution >= 4 is 5.91 Å². The SMILES string of the molecule is O=C(c1nc2n(n1)C(c1ccccc1)CC2F)N1CCCC1CO. The number of aliphatic hydroxyl groups is 1. The van der Waals surface area contributed by atoms with E-state index in [9.17, 15) is 14.3 Å². The van der Waals surface area contributed by atoms with Gasteiger partial charge in [0.15, 0.2) is 12.0 Å². The molecule has 2 aromatic rings. The second-order valence-electron chi connectivity index (χ2n) is 6.35. The Morgan fingerprint density at radius 3 is 2.88 bits per heavy atom. The number of aliphatic hydroxyl groups excluding tert-OH is 1. The van der Waals surface area contributed by atoms with Crippen LogP contribution in [-0.2, 0) is 0 Å². The number of alkyl halides is 1. The number of fused-ring (bicyclic) bond motifs is 1. The summed E-state index contributed by atoms with van der Waals surface area (Å²) in [6, 6.07) is 9.14. The van der Waals surface area contributed by atoms with Crippen LogP contribution in [0.3, 0.4) is 0 Å². The Bertz CT molecular complexity index is 748. The minimum Gasteiger partial charge on any atom is -0.394 e. The molecule has 2 aliphatic heterocycles. The number of benzene rings is 1. The van der Waals surface area contributed by atoms with E-state index in [4.69, 9.17) is 0 Å². The van der Waals surface area contributed by atoms with Crippen molar-refractivity contribution in [2.45, 2.75) is 37.5 Å². The van der Waals surface area contributed by atoms with Crippen LogP contribution in [0.2, 0.25) is 0 Å². The van der Waals surface area contributed by atoms with Crippen LogP contribution in [0.15, 0.2) is 30.3 Å². The molecule has 1 aromatic carbocycles. The zero-order valence-electron chi connectivity index (χ0n) is 13.2. The van der Waals surface area contributed by atoms with Gasteiger partial charge in [-0.05, 0) is 18.4 Å². The Morgan fingerprint density at radius 2 is 2.12 bits per heavy atom. The van der Waals surface area contributed by atoms with Crippen LogP contribution in [0.25, 0.3) is 0 Å². The summed E-state index contributed by atoms with van der Waals surface area (Å²) < 4.78 is 15.9. The van der Waals surface area contributed by atoms with Crippen molar-refractivity contribution < 1.29 is 14.3 Å². The van der Waals surface area contributed by atoms with E-state index in [2.05, 4.69) is 10.1 Å². The molecule has 0 radical (unpaired) electrons. The van der Waals surface area contributed by atoms with E-state index in [-0.39, 0.29) is 42.7 Å². The van der Waals surface area contributed by atoms with Gasteiger partial charge in [0.2, 0.25) is 5.82 Å². The van der Waals surface area contributed by atoms with Crippen molar-refractivity contribution in [3.05, 3.63) is 47.5 Å². The first-order valence-electron chi connectivity index (χ1n) is 8.26. The number of likely N-dealkylation sites (tertiary alicyclic amines) is 1. The summed E-state index contributed by atoms with van der Waals surface area (Å²) in [6.07, 6.45) is 0.685. The minimum atomic E-state index is -1.23. The van der Waals surface area contributed by atoms with Crippen LogP contribution < -0.4 is 0 Å². The van der Waals surface area contributed by atoms with Gasteiger partial charge in [-0.3, -0.25) is 4.79 Å². The zero-order valence-corrected chi connectivity index (χ0v) is 13.2. The fourth-order valence-corrected chi connectivity index (χ4v) is 3.64. The summed E-state index contributed by atoms with van der Waals surface area (Å²) in [5.74, 6) is -0.0898. The number of carbonyl (C=O) groups is 1. The van der Waals surface area contributed by atoms with Crippen molar-refractivity contribution in [2.24, 2.45) is 0 Å². The smallest absolute Gasteiger partial charge is 0.293 e. The summed E-state index contributed by atoms with van der Waals surface area (Å²) in [6.45, 7) is 0.507. The molecule has 3 atom stereocenters. The average molecular weight is 330 g/mol. The summed E-state index contributed by atoms with van der Waals surface area (Å²) in [7, 11) is 0. The van der Waals surface area contributed by atoms with Crippen LogP contribution in [0.1, 0.15) is 53.5 Å². The van der Waals surface area contributed by atoms with Gasteiger partial charge in [-0.15, -0.1) is 5.10 Å². The molecule has 126 valence electrons. The van der Waals surface area contributed by atoms with E-state index in [1.54, 1.807) is 4.90 Å². The predicted octanol–water partition coefficient (Wildman–Crippen LogP) is 1.88. The van der Waals surface area contributed by atoms with Crippen LogP contribution in [0.4, 0.5) is 4.39 Å². The van der Waals surface area contributed by atoms with E-state index in [0.29, 0.717) is 6.54 Å². The van der Waals surface area contributed by atoms with Gasteiger partial charge in [-0.1, -0.05) is 30.3 Å². The highest BCUT2D eigenvalue weighted by Crippen LogP contribution is 2.39. The fourth-order valence-electron chi connectivity index (χ4n) is 3.64. The van der Waals surface area contributed by atoms with Gasteiger partial charge in [0.05, 0.1) is 18.7 Å². The maximum absolute atomic E-state index is 14.4. The van der Waals surface area contributed by atoms with Crippen molar-refractivity contribution in [3.63, 3.8) is 0 Å². The molecule has 6 nitrogen and oxygen atoms in total. The van der Waals surface area contributed by atoms with Crippen molar-refractivity contribution in [1.82, 2.24) is 19.7 Å². The largest absolute Gasteiger partial charge is 0.394 e. The van der Waals surface area contributed by atoms with Gasteiger partial charge in [0, 0.05) is 13.0 Å². The Hall–Kier alpha value is -2.28. The molecule has 1 N–H and O–H groups in total. The molecule has 0 aliphatic carbocycles. The van der Waals surface area contributed by atoms with Crippen LogP contribution in [0, 0.1) is 0 Å². The molecule has 0 bridgehead atoms. The van der Waals surface area contributed by atoms with E-state index in [1.165, 1.54) is 4.68 Å². The number of carbonyl (C=O) groups excluding carboxylic acids is 1. The first-order chi connectivity index (χ1) is 11.7. The molecule has 1 amide bonds. The maximum atomic E-state index is 14.4. The Kier molecular flexibility index (Phi) is 3.80. The lowest BCUT2D eigenvalue weighted by atomic mass is 10.0. The summed E-state index contributed by atoms with van der Waals surface area (Å²) >= 11 is 0. The number of hydrogen-bond donors (Lipinski definition) is 1. The second kappa shape index (κ2) is 5.98. The third kappa shape index (κ3) is 2.39. The van der Waals surface area contributed by atoms with Crippen molar-refractivity contribution in [2.75, 3.05) is 13.2 Å². The molecule has 3 heterocycles. The molecule has 1 aromatic heterocycles. The summed E-state index contributed by atoms with van der Waals surface area (Å²) in [5, 5.41) is 13.7. The van der Waals surface area contributed by atoms with Gasteiger partial charge >= 0.3 is 0 Å². The molecule has 7 heteroatoms. The number of halogens is 1. The Labute approximate surface area is 138 Å². The Balaban J connectivity index is 1.65. The predicted molar refractivity (Wildman–Crippen MR) is 84.2 cm³/mol. The monoisotopic (exact) mass is 330 g/mol. The minimum absolute atomic E-state index is 0.0219. The van der Waals surface area contributed by atoms with Gasteiger partial charge in [-0.25, -0.2) is 14.1 Å². The first-order valence-corrected chi connectivity index (χ1v) is 8.26. The van der Waals surface area contributed by atoms with Crippen LogP contribution in [-0.4, -0.2) is 49.9 Å². The molecular weight excluding hydrogens is 311 g/mol. The molecule has 0 saturated carbocycles. The molecule has 0 spiro atoms.